The molecule has 4 aliphatic carbocycles. The molecule has 55 heavy (non-hydrogen) atoms. The highest BCUT2D eigenvalue weighted by atomic mass is 32.3. The average molecular weight is 803 g/mol. The minimum absolute atomic E-state index is 0.0660. The van der Waals surface area contributed by atoms with Crippen molar-refractivity contribution in [1.29, 1.82) is 0 Å². The Bertz CT molecular complexity index is 1570. The largest absolute Gasteiger partial charge is 0.397 e. The molecule has 0 bridgehead atoms. The summed E-state index contributed by atoms with van der Waals surface area (Å²) in [6, 6.07) is 0. The van der Waals surface area contributed by atoms with Gasteiger partial charge in [0.05, 0.1) is 37.1 Å². The van der Waals surface area contributed by atoms with E-state index in [1.165, 1.54) is 13.8 Å². The normalized spacial score (nSPS) is 56.7. The molecule has 0 aromatic heterocycles. The van der Waals surface area contributed by atoms with Gasteiger partial charge >= 0.3 is 10.4 Å². The van der Waals surface area contributed by atoms with Crippen LogP contribution in [0.1, 0.15) is 92.9 Å². The zero-order valence-electron chi connectivity index (χ0n) is 32.7. The van der Waals surface area contributed by atoms with Crippen molar-refractivity contribution in [3.63, 3.8) is 0 Å². The summed E-state index contributed by atoms with van der Waals surface area (Å²) in [5, 5.41) is 54.5. The highest BCUT2D eigenvalue weighted by Crippen LogP contribution is 2.71. The fourth-order valence-corrected chi connectivity index (χ4v) is 13.4. The molecule has 3 saturated carbocycles. The standard InChI is InChI=1S/C39H62O15S/c1-17-9-12-39(48-16-17)18(2)28-26(53-39)15-25-23-8-7-21-13-22(40)14-27(38(21,6)24(23)10-11-37(25,28)5)51-36-34(32(44)33(20(4)50-36)54-55(45,46)47)52-35-31(43)30(42)29(41)19(3)49-35/h7,17-20,22-36,40-44H,8-16H2,1-6H3,(H,45,46,47)/t17-,18+,19+,20-,22-,23-,24+,25+,26+,27-,28+,29+,30-,31-,32+,33+,34-,35+,36+,37+,38+,39-/m1/s1. The molecule has 7 fully saturated rings. The Morgan fingerprint density at radius 2 is 1.55 bits per heavy atom. The Labute approximate surface area is 323 Å². The third-order valence-corrected chi connectivity index (χ3v) is 16.3. The number of hydrogen-bond donors (Lipinski definition) is 6. The predicted octanol–water partition coefficient (Wildman–Crippen LogP) is 2.22. The Morgan fingerprint density at radius 1 is 0.818 bits per heavy atom. The lowest BCUT2D eigenvalue weighted by Crippen LogP contribution is -2.65. The summed E-state index contributed by atoms with van der Waals surface area (Å²) >= 11 is 0. The van der Waals surface area contributed by atoms with Crippen molar-refractivity contribution in [3.8, 4) is 0 Å². The van der Waals surface area contributed by atoms with Crippen molar-refractivity contribution in [2.45, 2.75) is 178 Å². The van der Waals surface area contributed by atoms with E-state index in [1.807, 2.05) is 0 Å². The molecule has 4 heterocycles. The first-order chi connectivity index (χ1) is 25.8. The average Bonchev–Trinajstić information content (AvgIpc) is 3.56. The van der Waals surface area contributed by atoms with Crippen LogP contribution in [0.5, 0.6) is 0 Å². The fourth-order valence-electron chi connectivity index (χ4n) is 12.9. The predicted molar refractivity (Wildman–Crippen MR) is 192 cm³/mol. The second-order valence-corrected chi connectivity index (χ2v) is 19.9. The zero-order valence-corrected chi connectivity index (χ0v) is 33.5. The maximum absolute atomic E-state index is 11.8. The fraction of sp³-hybridized carbons (Fsp3) is 0.949. The molecule has 16 heteroatoms. The van der Waals surface area contributed by atoms with Gasteiger partial charge < -0.3 is 54.0 Å². The van der Waals surface area contributed by atoms with Crippen molar-refractivity contribution < 1.29 is 71.1 Å². The van der Waals surface area contributed by atoms with E-state index >= 15 is 0 Å². The van der Waals surface area contributed by atoms with Gasteiger partial charge in [-0.05, 0) is 87.4 Å². The first-order valence-electron chi connectivity index (χ1n) is 20.5. The van der Waals surface area contributed by atoms with E-state index in [2.05, 4.69) is 33.8 Å². The van der Waals surface area contributed by atoms with E-state index in [0.29, 0.717) is 30.1 Å². The van der Waals surface area contributed by atoms with Crippen molar-refractivity contribution >= 4 is 10.4 Å². The summed E-state index contributed by atoms with van der Waals surface area (Å²) in [4.78, 5) is 0. The minimum Gasteiger partial charge on any atom is -0.393 e. The van der Waals surface area contributed by atoms with Gasteiger partial charge in [-0.2, -0.15) is 8.42 Å². The number of hydrogen-bond acceptors (Lipinski definition) is 14. The maximum atomic E-state index is 11.8. The van der Waals surface area contributed by atoms with Gasteiger partial charge in [-0.15, -0.1) is 0 Å². The summed E-state index contributed by atoms with van der Waals surface area (Å²) in [5.41, 5.74) is 0.632. The third-order valence-electron chi connectivity index (χ3n) is 15.8. The lowest BCUT2D eigenvalue weighted by Gasteiger charge is -2.60. The Morgan fingerprint density at radius 3 is 2.24 bits per heavy atom. The van der Waals surface area contributed by atoms with Crippen molar-refractivity contribution in [3.05, 3.63) is 11.6 Å². The van der Waals surface area contributed by atoms with Gasteiger partial charge in [-0.1, -0.05) is 39.3 Å². The van der Waals surface area contributed by atoms with E-state index in [-0.39, 0.29) is 29.8 Å². The van der Waals surface area contributed by atoms with Crippen LogP contribution in [0.25, 0.3) is 0 Å². The van der Waals surface area contributed by atoms with Crippen LogP contribution in [0, 0.1) is 46.3 Å². The molecule has 0 aromatic carbocycles. The number of allylic oxidation sites excluding steroid dienone is 1. The summed E-state index contributed by atoms with van der Waals surface area (Å²) in [6.07, 6.45) is -7.23. The Hall–Kier alpha value is -0.830. The summed E-state index contributed by atoms with van der Waals surface area (Å²) < 4.78 is 76.3. The molecule has 8 aliphatic rings. The van der Waals surface area contributed by atoms with Crippen LogP contribution >= 0.6 is 0 Å². The maximum Gasteiger partial charge on any atom is 0.397 e. The lowest BCUT2D eigenvalue weighted by atomic mass is 9.46. The number of aliphatic hydroxyl groups is 5. The second kappa shape index (κ2) is 14.4. The smallest absolute Gasteiger partial charge is 0.393 e. The van der Waals surface area contributed by atoms with Crippen LogP contribution in [-0.2, 0) is 43.0 Å². The van der Waals surface area contributed by atoms with Crippen molar-refractivity contribution in [2.24, 2.45) is 46.3 Å². The number of rotatable bonds is 6. The molecule has 0 aromatic rings. The SMILES string of the molecule is C[C@@H]1CC[C@@]2(OC1)O[C@H]1C[C@H]3[C@@H]4CC=C5C[C@@H](O)C[C@@H](O[C@@H]6O[C@H](C)[C@H](OS(=O)(=O)O)[C@H](O)[C@H]6O[C@@H]6O[C@@H](C)[C@H](O)[C@@H](O)[C@H]6O)[C@]5(C)[C@H]4CC[C@]3(C)[C@H]1[C@@H]2C. The number of ether oxygens (including phenoxy) is 6. The van der Waals surface area contributed by atoms with Gasteiger partial charge in [0.1, 0.15) is 36.6 Å². The van der Waals surface area contributed by atoms with Gasteiger partial charge in [-0.25, -0.2) is 4.18 Å². The van der Waals surface area contributed by atoms with Crippen LogP contribution in [0.2, 0.25) is 0 Å². The van der Waals surface area contributed by atoms with Crippen molar-refractivity contribution in [2.75, 3.05) is 6.61 Å². The van der Waals surface area contributed by atoms with Crippen LogP contribution in [-0.4, -0.2) is 131 Å². The van der Waals surface area contributed by atoms with Crippen molar-refractivity contribution in [1.82, 2.24) is 0 Å². The minimum atomic E-state index is -5.05. The van der Waals surface area contributed by atoms with Gasteiger partial charge in [0.25, 0.3) is 0 Å². The van der Waals surface area contributed by atoms with E-state index in [0.717, 1.165) is 50.7 Å². The number of fused-ring (bicyclic) bond motifs is 7. The van der Waals surface area contributed by atoms with Gasteiger partial charge in [0, 0.05) is 24.2 Å². The Balaban J connectivity index is 1.07. The Kier molecular flexibility index (Phi) is 10.7. The summed E-state index contributed by atoms with van der Waals surface area (Å²) in [5.74, 6) is 1.63. The molecule has 314 valence electrons. The summed E-state index contributed by atoms with van der Waals surface area (Å²) in [7, 11) is -5.05. The molecule has 0 unspecified atom stereocenters. The van der Waals surface area contributed by atoms with Gasteiger partial charge in [0.15, 0.2) is 18.4 Å². The molecule has 8 rings (SSSR count). The highest BCUT2D eigenvalue weighted by molar-refractivity contribution is 7.80. The van der Waals surface area contributed by atoms with E-state index in [1.54, 1.807) is 0 Å². The second-order valence-electron chi connectivity index (χ2n) is 18.8. The van der Waals surface area contributed by atoms with Crippen LogP contribution in [0.4, 0.5) is 0 Å². The molecule has 0 amide bonds. The first-order valence-corrected chi connectivity index (χ1v) is 21.8. The molecule has 1 spiro atoms. The topological polar surface area (TPSA) is 220 Å². The molecule has 4 aliphatic heterocycles. The number of aliphatic hydroxyl groups excluding tert-OH is 5. The first kappa shape index (κ1) is 40.9. The highest BCUT2D eigenvalue weighted by Gasteiger charge is 2.69. The zero-order chi connectivity index (χ0) is 39.6. The summed E-state index contributed by atoms with van der Waals surface area (Å²) in [6.45, 7) is 12.9. The molecular formula is C39H62O15S. The van der Waals surface area contributed by atoms with E-state index in [4.69, 9.17) is 32.6 Å². The monoisotopic (exact) mass is 802 g/mol. The molecular weight excluding hydrogens is 740 g/mol. The van der Waals surface area contributed by atoms with Crippen LogP contribution in [0.15, 0.2) is 11.6 Å². The molecule has 6 N–H and O–H groups in total. The van der Waals surface area contributed by atoms with Gasteiger partial charge in [0.2, 0.25) is 0 Å². The lowest BCUT2D eigenvalue weighted by molar-refractivity contribution is -0.370. The quantitative estimate of drug-likeness (QED) is 0.168. The van der Waals surface area contributed by atoms with Crippen LogP contribution in [0.3, 0.4) is 0 Å². The van der Waals surface area contributed by atoms with Crippen LogP contribution < -0.4 is 0 Å². The van der Waals surface area contributed by atoms with Gasteiger partial charge in [-0.3, -0.25) is 4.55 Å². The molecule has 15 nitrogen and oxygen atoms in total. The van der Waals surface area contributed by atoms with E-state index < -0.39 is 95.2 Å². The van der Waals surface area contributed by atoms with E-state index in [9.17, 15) is 38.5 Å². The molecule has 22 atom stereocenters. The molecule has 4 saturated heterocycles. The molecule has 0 radical (unpaired) electrons. The third kappa shape index (κ3) is 6.70.